The van der Waals surface area contributed by atoms with E-state index in [2.05, 4.69) is 0 Å². The third kappa shape index (κ3) is 2.37. The van der Waals surface area contributed by atoms with Gasteiger partial charge in [-0.25, -0.2) is 0 Å². The summed E-state index contributed by atoms with van der Waals surface area (Å²) in [6.07, 6.45) is 3.81. The van der Waals surface area contributed by atoms with Crippen LogP contribution in [0.1, 0.15) is 19.3 Å². The molecule has 0 atom stereocenters. The van der Waals surface area contributed by atoms with Gasteiger partial charge in [-0.2, -0.15) is 0 Å². The SMILES string of the molecule is S=C1CCCCSS1. The summed E-state index contributed by atoms with van der Waals surface area (Å²) in [6.45, 7) is 0. The standard InChI is InChI=1S/C5H8S3/c6-5-3-1-2-4-7-8-5/h1-4H2. The van der Waals surface area contributed by atoms with E-state index in [9.17, 15) is 0 Å². The smallest absolute Gasteiger partial charge is 0.0587 e. The third-order valence-electron chi connectivity index (χ3n) is 1.01. The molecule has 0 N–H and O–H groups in total. The van der Waals surface area contributed by atoms with Crippen molar-refractivity contribution in [3.05, 3.63) is 0 Å². The lowest BCUT2D eigenvalue weighted by molar-refractivity contribution is 0.857. The van der Waals surface area contributed by atoms with Crippen LogP contribution in [0.25, 0.3) is 0 Å². The van der Waals surface area contributed by atoms with Gasteiger partial charge in [-0.05, 0) is 19.3 Å². The highest BCUT2D eigenvalue weighted by molar-refractivity contribution is 8.83. The van der Waals surface area contributed by atoms with Crippen molar-refractivity contribution in [2.75, 3.05) is 5.75 Å². The van der Waals surface area contributed by atoms with E-state index in [1.165, 1.54) is 22.8 Å². The van der Waals surface area contributed by atoms with Crippen LogP contribution < -0.4 is 0 Å². The van der Waals surface area contributed by atoms with E-state index >= 15 is 0 Å². The quantitative estimate of drug-likeness (QED) is 0.399. The molecule has 3 heteroatoms. The van der Waals surface area contributed by atoms with Gasteiger partial charge in [0, 0.05) is 5.75 Å². The van der Waals surface area contributed by atoms with Gasteiger partial charge < -0.3 is 0 Å². The minimum Gasteiger partial charge on any atom is -0.0884 e. The molecule has 0 aromatic heterocycles. The van der Waals surface area contributed by atoms with Gasteiger partial charge in [0.2, 0.25) is 0 Å². The largest absolute Gasteiger partial charge is 0.0884 e. The van der Waals surface area contributed by atoms with Gasteiger partial charge in [-0.15, -0.1) is 0 Å². The summed E-state index contributed by atoms with van der Waals surface area (Å²) in [6, 6.07) is 0. The molecule has 0 radical (unpaired) electrons. The molecule has 46 valence electrons. The molecule has 0 spiro atoms. The first-order valence-corrected chi connectivity index (χ1v) is 5.44. The molecule has 1 fully saturated rings. The average Bonchev–Trinajstić information content (AvgIpc) is 1.94. The fraction of sp³-hybridized carbons (Fsp3) is 0.800. The second-order valence-corrected chi connectivity index (χ2v) is 5.00. The lowest BCUT2D eigenvalue weighted by atomic mass is 10.3. The lowest BCUT2D eigenvalue weighted by Gasteiger charge is -1.90. The van der Waals surface area contributed by atoms with Gasteiger partial charge in [0.05, 0.1) is 4.20 Å². The molecule has 0 aromatic carbocycles. The Balaban J connectivity index is 2.27. The van der Waals surface area contributed by atoms with Crippen LogP contribution in [0.4, 0.5) is 0 Å². The van der Waals surface area contributed by atoms with Crippen LogP contribution in [0.5, 0.6) is 0 Å². The molecule has 0 aliphatic carbocycles. The van der Waals surface area contributed by atoms with Crippen molar-refractivity contribution in [3.8, 4) is 0 Å². The molecule has 1 aliphatic heterocycles. The Hall–Kier alpha value is 0.790. The molecule has 0 bridgehead atoms. The summed E-state index contributed by atoms with van der Waals surface area (Å²) in [5.41, 5.74) is 0. The van der Waals surface area contributed by atoms with Crippen molar-refractivity contribution in [3.63, 3.8) is 0 Å². The van der Waals surface area contributed by atoms with Gasteiger partial charge in [-0.3, -0.25) is 0 Å². The van der Waals surface area contributed by atoms with E-state index in [-0.39, 0.29) is 0 Å². The van der Waals surface area contributed by atoms with Gasteiger partial charge >= 0.3 is 0 Å². The van der Waals surface area contributed by atoms with E-state index in [4.69, 9.17) is 12.2 Å². The zero-order valence-electron chi connectivity index (χ0n) is 4.55. The molecule has 0 nitrogen and oxygen atoms in total. The summed E-state index contributed by atoms with van der Waals surface area (Å²) in [7, 11) is 3.69. The van der Waals surface area contributed by atoms with Crippen molar-refractivity contribution in [1.29, 1.82) is 0 Å². The van der Waals surface area contributed by atoms with Crippen LogP contribution in [-0.4, -0.2) is 9.95 Å². The van der Waals surface area contributed by atoms with Crippen LogP contribution in [0, 0.1) is 0 Å². The highest BCUT2D eigenvalue weighted by Crippen LogP contribution is 2.30. The topological polar surface area (TPSA) is 0 Å². The van der Waals surface area contributed by atoms with Gasteiger partial charge in [0.15, 0.2) is 0 Å². The number of hydrogen-bond donors (Lipinski definition) is 0. The maximum absolute atomic E-state index is 5.03. The zero-order chi connectivity index (χ0) is 5.82. The second kappa shape index (κ2) is 3.75. The molecule has 0 aromatic rings. The molecule has 8 heavy (non-hydrogen) atoms. The van der Waals surface area contributed by atoms with Gasteiger partial charge in [-0.1, -0.05) is 33.8 Å². The van der Waals surface area contributed by atoms with Crippen LogP contribution in [0.2, 0.25) is 0 Å². The zero-order valence-corrected chi connectivity index (χ0v) is 7.00. The summed E-state index contributed by atoms with van der Waals surface area (Å²) in [4.78, 5) is 0. The van der Waals surface area contributed by atoms with Crippen molar-refractivity contribution < 1.29 is 0 Å². The molecule has 1 rings (SSSR count). The molecular weight excluding hydrogens is 156 g/mol. The normalized spacial score (nSPS) is 22.8. The number of rotatable bonds is 0. The summed E-state index contributed by atoms with van der Waals surface area (Å²) in [5, 5.41) is 0. The van der Waals surface area contributed by atoms with Crippen molar-refractivity contribution in [1.82, 2.24) is 0 Å². The molecule has 1 aliphatic rings. The Labute approximate surface area is 63.2 Å². The minimum absolute atomic E-state index is 1.16. The predicted octanol–water partition coefficient (Wildman–Crippen LogP) is 2.88. The first-order chi connectivity index (χ1) is 3.89. The third-order valence-corrected chi connectivity index (χ3v) is 4.20. The number of hydrogen-bond acceptors (Lipinski definition) is 3. The van der Waals surface area contributed by atoms with Crippen molar-refractivity contribution in [2.24, 2.45) is 0 Å². The Bertz CT molecular complexity index is 79.7. The molecule has 1 heterocycles. The molecular formula is C5H8S3. The van der Waals surface area contributed by atoms with Crippen LogP contribution in [0.15, 0.2) is 0 Å². The fourth-order valence-electron chi connectivity index (χ4n) is 0.579. The maximum Gasteiger partial charge on any atom is 0.0587 e. The first-order valence-electron chi connectivity index (χ1n) is 2.72. The second-order valence-electron chi connectivity index (χ2n) is 1.73. The van der Waals surface area contributed by atoms with Crippen LogP contribution in [0.3, 0.4) is 0 Å². The van der Waals surface area contributed by atoms with E-state index in [0.29, 0.717) is 0 Å². The highest BCUT2D eigenvalue weighted by atomic mass is 33.1. The maximum atomic E-state index is 5.03. The fourth-order valence-corrected chi connectivity index (χ4v) is 3.17. The van der Waals surface area contributed by atoms with Crippen LogP contribution in [-0.2, 0) is 0 Å². The van der Waals surface area contributed by atoms with Gasteiger partial charge in [0.1, 0.15) is 0 Å². The average molecular weight is 164 g/mol. The number of thiocarbonyl (C=S) groups is 1. The van der Waals surface area contributed by atoms with Crippen molar-refractivity contribution in [2.45, 2.75) is 19.3 Å². The Morgan fingerprint density at radius 1 is 1.38 bits per heavy atom. The monoisotopic (exact) mass is 164 g/mol. The first kappa shape index (κ1) is 6.90. The van der Waals surface area contributed by atoms with E-state index in [1.54, 1.807) is 10.8 Å². The highest BCUT2D eigenvalue weighted by Gasteiger charge is 2.02. The predicted molar refractivity (Wildman–Crippen MR) is 46.5 cm³/mol. The Morgan fingerprint density at radius 3 is 3.12 bits per heavy atom. The summed E-state index contributed by atoms with van der Waals surface area (Å²) in [5.74, 6) is 1.28. The Morgan fingerprint density at radius 2 is 2.25 bits per heavy atom. The van der Waals surface area contributed by atoms with Gasteiger partial charge in [0.25, 0.3) is 0 Å². The van der Waals surface area contributed by atoms with E-state index < -0.39 is 0 Å². The molecule has 0 saturated carbocycles. The van der Waals surface area contributed by atoms with Crippen molar-refractivity contribution >= 4 is 38.0 Å². The minimum atomic E-state index is 1.16. The van der Waals surface area contributed by atoms with E-state index in [0.717, 1.165) is 6.42 Å². The summed E-state index contributed by atoms with van der Waals surface area (Å²) < 4.78 is 1.19. The Kier molecular flexibility index (Phi) is 3.23. The van der Waals surface area contributed by atoms with Crippen LogP contribution >= 0.6 is 33.8 Å². The summed E-state index contributed by atoms with van der Waals surface area (Å²) >= 11 is 5.03. The lowest BCUT2D eigenvalue weighted by Crippen LogP contribution is -1.80. The molecule has 0 unspecified atom stereocenters. The van der Waals surface area contributed by atoms with E-state index in [1.807, 2.05) is 10.8 Å². The molecule has 1 saturated heterocycles. The molecule has 0 amide bonds.